The summed E-state index contributed by atoms with van der Waals surface area (Å²) in [5.41, 5.74) is 0.111. The number of carbonyl (C=O) groups is 1. The first-order chi connectivity index (χ1) is 16.5. The lowest BCUT2D eigenvalue weighted by atomic mass is 10.1. The largest absolute Gasteiger partial charge is 0.493 e. The number of hydrogen-bond acceptors (Lipinski definition) is 7. The van der Waals surface area contributed by atoms with Crippen LogP contribution in [0.4, 0.5) is 0 Å². The van der Waals surface area contributed by atoms with Crippen molar-refractivity contribution in [2.75, 3.05) is 34.4 Å². The molecule has 0 bridgehead atoms. The summed E-state index contributed by atoms with van der Waals surface area (Å²) in [6.45, 7) is -0.111. The van der Waals surface area contributed by atoms with Crippen molar-refractivity contribution in [1.29, 1.82) is 0 Å². The average Bonchev–Trinajstić information content (AvgIpc) is 2.85. The summed E-state index contributed by atoms with van der Waals surface area (Å²) in [6, 6.07) is 9.36. The van der Waals surface area contributed by atoms with Crippen molar-refractivity contribution in [2.45, 2.75) is 11.3 Å². The molecule has 12 heteroatoms. The van der Waals surface area contributed by atoms with Gasteiger partial charge in [0, 0.05) is 27.7 Å². The molecule has 1 aromatic heterocycles. The van der Waals surface area contributed by atoms with Crippen LogP contribution in [0.2, 0.25) is 0 Å². The first-order valence-electron chi connectivity index (χ1n) is 10.6. The van der Waals surface area contributed by atoms with Crippen LogP contribution in [0.5, 0.6) is 11.5 Å². The van der Waals surface area contributed by atoms with E-state index in [1.54, 1.807) is 19.2 Å². The number of nitrogens with one attached hydrogen (secondary N) is 1. The summed E-state index contributed by atoms with van der Waals surface area (Å²) < 4.78 is 39.6. The second-order valence-corrected chi connectivity index (χ2v) is 9.98. The molecule has 0 radical (unpaired) electrons. The van der Waals surface area contributed by atoms with Gasteiger partial charge in [-0.25, -0.2) is 13.2 Å². The molecular formula is C23H28N4O7S. The van der Waals surface area contributed by atoms with Gasteiger partial charge in [0.25, 0.3) is 5.56 Å². The van der Waals surface area contributed by atoms with Crippen molar-refractivity contribution in [3.8, 4) is 11.5 Å². The van der Waals surface area contributed by atoms with Crippen LogP contribution < -0.4 is 26.0 Å². The lowest BCUT2D eigenvalue weighted by Gasteiger charge is -2.17. The molecule has 35 heavy (non-hydrogen) atoms. The van der Waals surface area contributed by atoms with Crippen LogP contribution in [0, 0.1) is 0 Å². The minimum Gasteiger partial charge on any atom is -0.493 e. The van der Waals surface area contributed by atoms with Gasteiger partial charge in [-0.3, -0.25) is 18.7 Å². The Bertz CT molecular complexity index is 1490. The lowest BCUT2D eigenvalue weighted by Crippen LogP contribution is -2.39. The van der Waals surface area contributed by atoms with Crippen LogP contribution in [0.3, 0.4) is 0 Å². The van der Waals surface area contributed by atoms with Gasteiger partial charge in [-0.2, -0.15) is 4.31 Å². The van der Waals surface area contributed by atoms with Gasteiger partial charge < -0.3 is 14.8 Å². The molecule has 3 aromatic rings. The van der Waals surface area contributed by atoms with Gasteiger partial charge >= 0.3 is 5.69 Å². The number of fused-ring (bicyclic) bond motifs is 1. The van der Waals surface area contributed by atoms with Gasteiger partial charge in [-0.05, 0) is 42.3 Å². The van der Waals surface area contributed by atoms with Crippen molar-refractivity contribution in [2.24, 2.45) is 14.1 Å². The van der Waals surface area contributed by atoms with Gasteiger partial charge in [0.1, 0.15) is 0 Å². The standard InChI is InChI=1S/C23H28N4O7S/c1-25(14-21(28)24-11-10-15-6-9-19(33-4)20(12-15)34-5)35(31,32)16-7-8-18-17(13-16)22(29)27(3)23(30)26(18)2/h6-9,12-13H,10-11,14H2,1-5H3,(H,24,28). The Balaban J connectivity index is 1.69. The fourth-order valence-corrected chi connectivity index (χ4v) is 4.79. The van der Waals surface area contributed by atoms with Crippen LogP contribution in [0.25, 0.3) is 10.9 Å². The number of carbonyl (C=O) groups excluding carboxylic acids is 1. The third kappa shape index (κ3) is 5.23. The molecule has 0 saturated carbocycles. The number of hydrogen-bond donors (Lipinski definition) is 1. The van der Waals surface area contributed by atoms with Crippen LogP contribution in [-0.2, 0) is 35.3 Å². The normalized spacial score (nSPS) is 11.6. The van der Waals surface area contributed by atoms with E-state index < -0.39 is 33.7 Å². The highest BCUT2D eigenvalue weighted by Gasteiger charge is 2.24. The first kappa shape index (κ1) is 26.0. The molecule has 0 atom stereocenters. The number of ether oxygens (including phenoxy) is 2. The second-order valence-electron chi connectivity index (χ2n) is 7.94. The maximum absolute atomic E-state index is 13.0. The molecule has 0 saturated heterocycles. The monoisotopic (exact) mass is 504 g/mol. The summed E-state index contributed by atoms with van der Waals surface area (Å²) in [5, 5.41) is 2.79. The topological polar surface area (TPSA) is 129 Å². The second kappa shape index (κ2) is 10.3. The Hall–Kier alpha value is -3.64. The fourth-order valence-electron chi connectivity index (χ4n) is 3.64. The highest BCUT2D eigenvalue weighted by Crippen LogP contribution is 2.27. The molecule has 1 heterocycles. The van der Waals surface area contributed by atoms with E-state index in [-0.39, 0.29) is 10.3 Å². The van der Waals surface area contributed by atoms with Gasteiger partial charge in [0.05, 0.1) is 36.6 Å². The molecule has 3 rings (SSSR count). The van der Waals surface area contributed by atoms with Crippen molar-refractivity contribution in [3.05, 3.63) is 62.8 Å². The summed E-state index contributed by atoms with van der Waals surface area (Å²) >= 11 is 0. The lowest BCUT2D eigenvalue weighted by molar-refractivity contribution is -0.121. The Morgan fingerprint density at radius 2 is 1.69 bits per heavy atom. The molecule has 11 nitrogen and oxygen atoms in total. The molecule has 0 spiro atoms. The fraction of sp³-hybridized carbons (Fsp3) is 0.348. The number of rotatable bonds is 9. The molecule has 0 fully saturated rings. The van der Waals surface area contributed by atoms with Crippen molar-refractivity contribution in [3.63, 3.8) is 0 Å². The van der Waals surface area contributed by atoms with Crippen LogP contribution in [0.15, 0.2) is 50.9 Å². The van der Waals surface area contributed by atoms with Gasteiger partial charge in [-0.15, -0.1) is 0 Å². The number of likely N-dealkylation sites (N-methyl/N-ethyl adjacent to an activating group) is 1. The predicted molar refractivity (Wildman–Crippen MR) is 131 cm³/mol. The van der Waals surface area contributed by atoms with Gasteiger partial charge in [0.2, 0.25) is 15.9 Å². The molecule has 0 aliphatic rings. The van der Waals surface area contributed by atoms with Crippen LogP contribution >= 0.6 is 0 Å². The zero-order valence-electron chi connectivity index (χ0n) is 20.2. The number of nitrogens with zero attached hydrogens (tertiary/aromatic N) is 3. The number of aryl methyl sites for hydroxylation is 1. The summed E-state index contributed by atoms with van der Waals surface area (Å²) in [6.07, 6.45) is 0.509. The number of benzene rings is 2. The smallest absolute Gasteiger partial charge is 0.330 e. The number of sulfonamides is 1. The maximum atomic E-state index is 13.0. The zero-order chi connectivity index (χ0) is 25.9. The molecule has 0 unspecified atom stereocenters. The Morgan fingerprint density at radius 1 is 1.00 bits per heavy atom. The van der Waals surface area contributed by atoms with Crippen molar-refractivity contribution in [1.82, 2.24) is 18.8 Å². The van der Waals surface area contributed by atoms with Crippen molar-refractivity contribution < 1.29 is 22.7 Å². The van der Waals surface area contributed by atoms with Crippen LogP contribution in [-0.4, -0.2) is 62.1 Å². The molecule has 0 aliphatic heterocycles. The molecule has 1 amide bonds. The highest BCUT2D eigenvalue weighted by molar-refractivity contribution is 7.89. The molecule has 1 N–H and O–H groups in total. The van der Waals surface area contributed by atoms with E-state index in [2.05, 4.69) is 5.32 Å². The first-order valence-corrected chi connectivity index (χ1v) is 12.1. The van der Waals surface area contributed by atoms with E-state index in [0.717, 1.165) is 14.4 Å². The number of amides is 1. The van der Waals surface area contributed by atoms with Crippen LogP contribution in [0.1, 0.15) is 5.56 Å². The SMILES string of the molecule is COc1ccc(CCNC(=O)CN(C)S(=O)(=O)c2ccc3c(c2)c(=O)n(C)c(=O)n3C)cc1OC. The summed E-state index contributed by atoms with van der Waals surface area (Å²) in [4.78, 5) is 36.8. The van der Waals surface area contributed by atoms with E-state index in [4.69, 9.17) is 9.47 Å². The van der Waals surface area contributed by atoms with Gasteiger partial charge in [-0.1, -0.05) is 6.07 Å². The Kier molecular flexibility index (Phi) is 7.66. The highest BCUT2D eigenvalue weighted by atomic mass is 32.2. The number of methoxy groups -OCH3 is 2. The Morgan fingerprint density at radius 3 is 2.34 bits per heavy atom. The molecular weight excluding hydrogens is 476 g/mol. The number of aromatic nitrogens is 2. The average molecular weight is 505 g/mol. The van der Waals surface area contributed by atoms with E-state index in [1.807, 2.05) is 6.07 Å². The molecule has 2 aromatic carbocycles. The summed E-state index contributed by atoms with van der Waals surface area (Å²) in [7, 11) is 3.12. The van der Waals surface area contributed by atoms with E-state index in [0.29, 0.717) is 30.0 Å². The van der Waals surface area contributed by atoms with E-state index in [9.17, 15) is 22.8 Å². The molecule has 188 valence electrons. The third-order valence-electron chi connectivity index (χ3n) is 5.70. The maximum Gasteiger partial charge on any atom is 0.330 e. The third-order valence-corrected chi connectivity index (χ3v) is 7.50. The Labute approximate surface area is 202 Å². The minimum absolute atomic E-state index is 0.0865. The zero-order valence-corrected chi connectivity index (χ0v) is 21.0. The predicted octanol–water partition coefficient (Wildman–Crippen LogP) is 0.234. The van der Waals surface area contributed by atoms with E-state index >= 15 is 0 Å². The van der Waals surface area contributed by atoms with Gasteiger partial charge in [0.15, 0.2) is 11.5 Å². The molecule has 0 aliphatic carbocycles. The summed E-state index contributed by atoms with van der Waals surface area (Å²) in [5.74, 6) is 0.698. The van der Waals surface area contributed by atoms with E-state index in [1.165, 1.54) is 51.0 Å². The van der Waals surface area contributed by atoms with Crippen molar-refractivity contribution >= 4 is 26.8 Å². The minimum atomic E-state index is -4.07. The quantitative estimate of drug-likeness (QED) is 0.442.